The summed E-state index contributed by atoms with van der Waals surface area (Å²) in [7, 11) is 0. The number of hydrogen-bond donors (Lipinski definition) is 2. The van der Waals surface area contributed by atoms with E-state index >= 15 is 0 Å². The first-order chi connectivity index (χ1) is 8.05. The fraction of sp³-hybridized carbons (Fsp3) is 0.545. The number of aromatic nitrogens is 1. The van der Waals surface area contributed by atoms with Crippen LogP contribution in [0.25, 0.3) is 0 Å². The lowest BCUT2D eigenvalue weighted by Crippen LogP contribution is -2.87. The summed E-state index contributed by atoms with van der Waals surface area (Å²) in [5.74, 6) is 0.518. The van der Waals surface area contributed by atoms with Crippen LogP contribution in [-0.2, 0) is 6.18 Å². The molecule has 3 nitrogen and oxygen atoms in total. The SMILES string of the molecule is FC(F)(F)c1ccc(NC2CC[NH2+]CC2)nc1. The van der Waals surface area contributed by atoms with Crippen molar-refractivity contribution in [3.05, 3.63) is 23.9 Å². The van der Waals surface area contributed by atoms with Gasteiger partial charge in [-0.1, -0.05) is 0 Å². The standard InChI is InChI=1S/C11H14F3N3/c12-11(13,14)8-1-2-10(16-7-8)17-9-3-5-15-6-4-9/h1-2,7,9,15H,3-6H2,(H,16,17)/p+1. The van der Waals surface area contributed by atoms with Gasteiger partial charge in [0, 0.05) is 25.1 Å². The fourth-order valence-electron chi connectivity index (χ4n) is 1.93. The molecule has 1 aromatic heterocycles. The first-order valence-electron chi connectivity index (χ1n) is 5.67. The molecule has 2 heterocycles. The van der Waals surface area contributed by atoms with Gasteiger partial charge >= 0.3 is 6.18 Å². The van der Waals surface area contributed by atoms with Crippen LogP contribution < -0.4 is 10.6 Å². The molecule has 1 saturated heterocycles. The van der Waals surface area contributed by atoms with Gasteiger partial charge in [0.25, 0.3) is 0 Å². The number of halogens is 3. The predicted molar refractivity (Wildman–Crippen MR) is 57.5 cm³/mol. The number of nitrogens with one attached hydrogen (secondary N) is 1. The highest BCUT2D eigenvalue weighted by Crippen LogP contribution is 2.28. The van der Waals surface area contributed by atoms with E-state index in [0.29, 0.717) is 11.9 Å². The fourth-order valence-corrected chi connectivity index (χ4v) is 1.93. The van der Waals surface area contributed by atoms with Gasteiger partial charge in [0.2, 0.25) is 0 Å². The van der Waals surface area contributed by atoms with Gasteiger partial charge in [-0.05, 0) is 12.1 Å². The van der Waals surface area contributed by atoms with E-state index in [1.807, 2.05) is 0 Å². The number of rotatable bonds is 2. The number of nitrogens with two attached hydrogens (primary N) is 1. The minimum atomic E-state index is -4.31. The van der Waals surface area contributed by atoms with E-state index < -0.39 is 11.7 Å². The van der Waals surface area contributed by atoms with Crippen LogP contribution in [-0.4, -0.2) is 24.1 Å². The van der Waals surface area contributed by atoms with Crippen molar-refractivity contribution in [1.82, 2.24) is 4.98 Å². The number of hydrogen-bond acceptors (Lipinski definition) is 2. The predicted octanol–water partition coefficient (Wildman–Crippen LogP) is 1.24. The summed E-state index contributed by atoms with van der Waals surface area (Å²) in [4.78, 5) is 3.80. The number of piperidine rings is 1. The molecule has 1 aromatic rings. The Morgan fingerprint density at radius 3 is 2.47 bits per heavy atom. The largest absolute Gasteiger partial charge is 0.417 e. The third kappa shape index (κ3) is 3.33. The average Bonchev–Trinajstić information content (AvgIpc) is 2.30. The molecule has 1 aliphatic heterocycles. The van der Waals surface area contributed by atoms with Crippen LogP contribution >= 0.6 is 0 Å². The Balaban J connectivity index is 1.98. The minimum Gasteiger partial charge on any atom is -0.367 e. The Morgan fingerprint density at radius 2 is 1.94 bits per heavy atom. The van der Waals surface area contributed by atoms with Crippen LogP contribution in [0.5, 0.6) is 0 Å². The van der Waals surface area contributed by atoms with Crippen LogP contribution in [0.2, 0.25) is 0 Å². The first-order valence-corrected chi connectivity index (χ1v) is 5.67. The van der Waals surface area contributed by atoms with E-state index in [1.165, 1.54) is 6.07 Å². The lowest BCUT2D eigenvalue weighted by atomic mass is 10.1. The van der Waals surface area contributed by atoms with Gasteiger partial charge in [0.05, 0.1) is 18.7 Å². The number of alkyl halides is 3. The molecular weight excluding hydrogens is 231 g/mol. The van der Waals surface area contributed by atoms with Crippen LogP contribution in [0.4, 0.5) is 19.0 Å². The third-order valence-electron chi connectivity index (χ3n) is 2.88. The second kappa shape index (κ2) is 4.91. The van der Waals surface area contributed by atoms with Crippen LogP contribution in [0.15, 0.2) is 18.3 Å². The van der Waals surface area contributed by atoms with E-state index in [2.05, 4.69) is 15.6 Å². The molecule has 3 N–H and O–H groups in total. The Kier molecular flexibility index (Phi) is 3.51. The monoisotopic (exact) mass is 246 g/mol. The summed E-state index contributed by atoms with van der Waals surface area (Å²) in [5.41, 5.74) is -0.708. The summed E-state index contributed by atoms with van der Waals surface area (Å²) in [6.07, 6.45) is -1.41. The van der Waals surface area contributed by atoms with Crippen molar-refractivity contribution in [1.29, 1.82) is 0 Å². The molecule has 0 radical (unpaired) electrons. The third-order valence-corrected chi connectivity index (χ3v) is 2.88. The Morgan fingerprint density at radius 1 is 1.24 bits per heavy atom. The topological polar surface area (TPSA) is 41.5 Å². The maximum Gasteiger partial charge on any atom is 0.417 e. The van der Waals surface area contributed by atoms with Crippen LogP contribution in [0.1, 0.15) is 18.4 Å². The van der Waals surface area contributed by atoms with Crippen molar-refractivity contribution in [2.45, 2.75) is 25.1 Å². The molecular formula is C11H15F3N3+. The molecule has 1 fully saturated rings. The van der Waals surface area contributed by atoms with E-state index in [-0.39, 0.29) is 0 Å². The van der Waals surface area contributed by atoms with Gasteiger partial charge in [0.1, 0.15) is 5.82 Å². The molecule has 6 heteroatoms. The summed E-state index contributed by atoms with van der Waals surface area (Å²) in [6.45, 7) is 2.11. The molecule has 0 unspecified atom stereocenters. The lowest BCUT2D eigenvalue weighted by molar-refractivity contribution is -0.662. The van der Waals surface area contributed by atoms with Crippen molar-refractivity contribution < 1.29 is 18.5 Å². The lowest BCUT2D eigenvalue weighted by Gasteiger charge is -2.22. The van der Waals surface area contributed by atoms with Crippen molar-refractivity contribution in [3.8, 4) is 0 Å². The Labute approximate surface area is 97.4 Å². The summed E-state index contributed by atoms with van der Waals surface area (Å²) in [6, 6.07) is 2.77. The van der Waals surface area contributed by atoms with Gasteiger partial charge in [-0.25, -0.2) is 4.98 Å². The molecule has 17 heavy (non-hydrogen) atoms. The normalized spacial score (nSPS) is 18.1. The molecule has 0 spiro atoms. The smallest absolute Gasteiger partial charge is 0.367 e. The summed E-state index contributed by atoms with van der Waals surface area (Å²) >= 11 is 0. The second-order valence-corrected chi connectivity index (χ2v) is 4.21. The molecule has 0 aromatic carbocycles. The quantitative estimate of drug-likeness (QED) is 0.824. The molecule has 94 valence electrons. The van der Waals surface area contributed by atoms with Gasteiger partial charge in [-0.15, -0.1) is 0 Å². The number of nitrogens with zero attached hydrogens (tertiary/aromatic N) is 1. The van der Waals surface area contributed by atoms with Crippen molar-refractivity contribution in [3.63, 3.8) is 0 Å². The van der Waals surface area contributed by atoms with E-state index in [1.54, 1.807) is 0 Å². The zero-order chi connectivity index (χ0) is 12.3. The summed E-state index contributed by atoms with van der Waals surface area (Å²) in [5, 5.41) is 5.40. The zero-order valence-corrected chi connectivity index (χ0v) is 9.30. The summed E-state index contributed by atoms with van der Waals surface area (Å²) < 4.78 is 36.9. The zero-order valence-electron chi connectivity index (χ0n) is 9.30. The Bertz CT molecular complexity index is 355. The van der Waals surface area contributed by atoms with Crippen LogP contribution in [0.3, 0.4) is 0 Å². The number of anilines is 1. The van der Waals surface area contributed by atoms with Gasteiger partial charge in [-0.3, -0.25) is 0 Å². The van der Waals surface area contributed by atoms with Crippen LogP contribution in [0, 0.1) is 0 Å². The van der Waals surface area contributed by atoms with E-state index in [0.717, 1.165) is 38.2 Å². The highest BCUT2D eigenvalue weighted by Gasteiger charge is 2.30. The minimum absolute atomic E-state index is 0.323. The molecule has 1 aliphatic rings. The number of quaternary nitrogens is 1. The molecule has 0 aliphatic carbocycles. The van der Waals surface area contributed by atoms with Gasteiger partial charge in [0.15, 0.2) is 0 Å². The van der Waals surface area contributed by atoms with Crippen molar-refractivity contribution >= 4 is 5.82 Å². The molecule has 2 rings (SSSR count). The molecule has 0 saturated carbocycles. The van der Waals surface area contributed by atoms with Crippen molar-refractivity contribution in [2.75, 3.05) is 18.4 Å². The maximum absolute atomic E-state index is 12.3. The highest BCUT2D eigenvalue weighted by molar-refractivity contribution is 5.37. The van der Waals surface area contributed by atoms with Gasteiger partial charge in [-0.2, -0.15) is 13.2 Å². The Hall–Kier alpha value is -1.30. The average molecular weight is 246 g/mol. The first kappa shape index (κ1) is 12.2. The molecule has 0 atom stereocenters. The van der Waals surface area contributed by atoms with E-state index in [4.69, 9.17) is 0 Å². The van der Waals surface area contributed by atoms with Crippen molar-refractivity contribution in [2.24, 2.45) is 0 Å². The maximum atomic E-state index is 12.3. The van der Waals surface area contributed by atoms with Gasteiger partial charge < -0.3 is 10.6 Å². The van der Waals surface area contributed by atoms with E-state index in [9.17, 15) is 13.2 Å². The number of pyridine rings is 1. The highest BCUT2D eigenvalue weighted by atomic mass is 19.4. The second-order valence-electron chi connectivity index (χ2n) is 4.21. The molecule has 0 bridgehead atoms. The molecule has 0 amide bonds.